The van der Waals surface area contributed by atoms with Crippen molar-refractivity contribution < 1.29 is 4.79 Å². The van der Waals surface area contributed by atoms with Gasteiger partial charge in [-0.1, -0.05) is 6.07 Å². The van der Waals surface area contributed by atoms with Crippen LogP contribution in [0.5, 0.6) is 0 Å². The number of hydrogen-bond donors (Lipinski definition) is 3. The van der Waals surface area contributed by atoms with Gasteiger partial charge in [-0.2, -0.15) is 0 Å². The minimum Gasteiger partial charge on any atom is -0.361 e. The molecule has 0 atom stereocenters. The third kappa shape index (κ3) is 2.17. The van der Waals surface area contributed by atoms with Crippen molar-refractivity contribution in [3.8, 4) is 11.1 Å². The molecule has 5 rings (SSSR count). The van der Waals surface area contributed by atoms with Gasteiger partial charge in [0.05, 0.1) is 0 Å². The van der Waals surface area contributed by atoms with Crippen molar-refractivity contribution in [1.29, 1.82) is 0 Å². The highest BCUT2D eigenvalue weighted by Gasteiger charge is 2.29. The highest BCUT2D eigenvalue weighted by atomic mass is 16.2. The number of aromatic nitrogens is 3. The number of aromatic amines is 2. The molecule has 1 saturated carbocycles. The van der Waals surface area contributed by atoms with Crippen LogP contribution in [0.2, 0.25) is 0 Å². The van der Waals surface area contributed by atoms with Crippen LogP contribution in [-0.2, 0) is 4.79 Å². The number of H-pyrrole nitrogens is 2. The van der Waals surface area contributed by atoms with Gasteiger partial charge < -0.3 is 15.3 Å². The van der Waals surface area contributed by atoms with Gasteiger partial charge >= 0.3 is 0 Å². The first kappa shape index (κ1) is 13.4. The summed E-state index contributed by atoms with van der Waals surface area (Å²) in [4.78, 5) is 22.8. The van der Waals surface area contributed by atoms with Crippen LogP contribution in [0.1, 0.15) is 12.8 Å². The number of pyridine rings is 1. The predicted octanol–water partition coefficient (Wildman–Crippen LogP) is 4.06. The fraction of sp³-hybridized carbons (Fsp3) is 0.158. The first-order valence-corrected chi connectivity index (χ1v) is 8.14. The Morgan fingerprint density at radius 2 is 2.04 bits per heavy atom. The fourth-order valence-electron chi connectivity index (χ4n) is 3.11. The van der Waals surface area contributed by atoms with Crippen molar-refractivity contribution in [2.24, 2.45) is 5.92 Å². The molecule has 1 fully saturated rings. The highest BCUT2D eigenvalue weighted by molar-refractivity contribution is 5.98. The normalized spacial score (nSPS) is 14.3. The first-order valence-electron chi connectivity index (χ1n) is 8.14. The van der Waals surface area contributed by atoms with E-state index in [1.165, 1.54) is 5.39 Å². The van der Waals surface area contributed by atoms with Gasteiger partial charge in [0, 0.05) is 34.8 Å². The van der Waals surface area contributed by atoms with E-state index >= 15 is 0 Å². The summed E-state index contributed by atoms with van der Waals surface area (Å²) in [6, 6.07) is 12.3. The number of nitrogens with one attached hydrogen (secondary N) is 3. The number of hydrogen-bond acceptors (Lipinski definition) is 2. The molecular formula is C19H16N4O. The average molecular weight is 316 g/mol. The number of benzene rings is 1. The van der Waals surface area contributed by atoms with E-state index in [-0.39, 0.29) is 11.8 Å². The summed E-state index contributed by atoms with van der Waals surface area (Å²) in [6.07, 6.45) is 5.89. The lowest BCUT2D eigenvalue weighted by molar-refractivity contribution is -0.117. The van der Waals surface area contributed by atoms with Gasteiger partial charge in [0.1, 0.15) is 11.5 Å². The average Bonchev–Trinajstić information content (AvgIpc) is 3.20. The summed E-state index contributed by atoms with van der Waals surface area (Å²) in [7, 11) is 0. The largest absolute Gasteiger partial charge is 0.361 e. The number of nitrogens with zero attached hydrogens (tertiary/aromatic N) is 1. The van der Waals surface area contributed by atoms with Crippen LogP contribution in [0.4, 0.5) is 5.82 Å². The van der Waals surface area contributed by atoms with E-state index in [9.17, 15) is 4.79 Å². The van der Waals surface area contributed by atoms with E-state index in [1.807, 2.05) is 24.5 Å². The van der Waals surface area contributed by atoms with Crippen LogP contribution in [0.25, 0.3) is 33.1 Å². The van der Waals surface area contributed by atoms with E-state index in [4.69, 9.17) is 0 Å². The molecule has 118 valence electrons. The Morgan fingerprint density at radius 1 is 1.12 bits per heavy atom. The lowest BCUT2D eigenvalue weighted by Crippen LogP contribution is -2.14. The molecule has 1 aliphatic carbocycles. The van der Waals surface area contributed by atoms with Crippen molar-refractivity contribution in [2.75, 3.05) is 5.32 Å². The molecule has 0 bridgehead atoms. The molecule has 0 spiro atoms. The summed E-state index contributed by atoms with van der Waals surface area (Å²) in [5, 5.41) is 5.13. The summed E-state index contributed by atoms with van der Waals surface area (Å²) in [5.74, 6) is 0.857. The molecule has 3 N–H and O–H groups in total. The summed E-state index contributed by atoms with van der Waals surface area (Å²) >= 11 is 0. The molecular weight excluding hydrogens is 300 g/mol. The van der Waals surface area contributed by atoms with Crippen molar-refractivity contribution in [1.82, 2.24) is 15.0 Å². The Morgan fingerprint density at radius 3 is 2.92 bits per heavy atom. The van der Waals surface area contributed by atoms with E-state index in [1.54, 1.807) is 0 Å². The Hall–Kier alpha value is -3.08. The Balaban J connectivity index is 1.53. The molecule has 0 unspecified atom stereocenters. The van der Waals surface area contributed by atoms with Crippen LogP contribution >= 0.6 is 0 Å². The third-order valence-electron chi connectivity index (χ3n) is 4.60. The van der Waals surface area contributed by atoms with Crippen LogP contribution in [-0.4, -0.2) is 20.9 Å². The smallest absolute Gasteiger partial charge is 0.228 e. The van der Waals surface area contributed by atoms with Crippen LogP contribution in [0, 0.1) is 5.92 Å². The van der Waals surface area contributed by atoms with E-state index in [2.05, 4.69) is 44.5 Å². The van der Waals surface area contributed by atoms with E-state index in [0.29, 0.717) is 5.82 Å². The number of amides is 1. The third-order valence-corrected chi connectivity index (χ3v) is 4.60. The van der Waals surface area contributed by atoms with Gasteiger partial charge in [-0.15, -0.1) is 0 Å². The minimum absolute atomic E-state index is 0.0755. The molecule has 4 aromatic rings. The fourth-order valence-corrected chi connectivity index (χ4v) is 3.11. The van der Waals surface area contributed by atoms with Crippen molar-refractivity contribution in [3.63, 3.8) is 0 Å². The maximum atomic E-state index is 11.9. The molecule has 5 nitrogen and oxygen atoms in total. The van der Waals surface area contributed by atoms with Gasteiger partial charge in [-0.25, -0.2) is 4.98 Å². The van der Waals surface area contributed by atoms with E-state index < -0.39 is 0 Å². The molecule has 1 amide bonds. The zero-order chi connectivity index (χ0) is 16.1. The Bertz CT molecular complexity index is 1070. The van der Waals surface area contributed by atoms with Gasteiger partial charge in [0.15, 0.2) is 0 Å². The van der Waals surface area contributed by atoms with Crippen molar-refractivity contribution in [3.05, 3.63) is 48.8 Å². The monoisotopic (exact) mass is 316 g/mol. The lowest BCUT2D eigenvalue weighted by atomic mass is 10.0. The topological polar surface area (TPSA) is 73.6 Å². The van der Waals surface area contributed by atoms with Crippen LogP contribution < -0.4 is 5.32 Å². The van der Waals surface area contributed by atoms with Crippen LogP contribution in [0.15, 0.2) is 48.8 Å². The molecule has 0 aliphatic heterocycles. The zero-order valence-corrected chi connectivity index (χ0v) is 13.0. The molecule has 3 heterocycles. The predicted molar refractivity (Wildman–Crippen MR) is 94.7 cm³/mol. The number of carbonyl (C=O) groups is 1. The SMILES string of the molecule is O=C(Nc1ccc2c(-c3ccc4[nH]ccc4c3)c[nH]c2n1)C1CC1. The number of rotatable bonds is 3. The Labute approximate surface area is 138 Å². The Kier molecular flexibility index (Phi) is 2.76. The second kappa shape index (κ2) is 4.96. The number of anilines is 1. The molecule has 24 heavy (non-hydrogen) atoms. The molecule has 1 aliphatic rings. The highest BCUT2D eigenvalue weighted by Crippen LogP contribution is 2.32. The number of carbonyl (C=O) groups excluding carboxylic acids is 1. The second-order valence-electron chi connectivity index (χ2n) is 6.34. The number of fused-ring (bicyclic) bond motifs is 2. The standard InChI is InChI=1S/C19H16N4O/c24-19(11-1-2-11)23-17-6-4-14-15(10-21-18(14)22-17)12-3-5-16-13(9-12)7-8-20-16/h3-11,20H,1-2H2,(H2,21,22,23,24). The van der Waals surface area contributed by atoms with Gasteiger partial charge in [-0.05, 0) is 54.1 Å². The van der Waals surface area contributed by atoms with Crippen molar-refractivity contribution >= 4 is 33.7 Å². The van der Waals surface area contributed by atoms with Crippen molar-refractivity contribution in [2.45, 2.75) is 12.8 Å². The summed E-state index contributed by atoms with van der Waals surface area (Å²) in [5.41, 5.74) is 4.17. The molecule has 5 heteroatoms. The zero-order valence-electron chi connectivity index (χ0n) is 13.0. The molecule has 0 saturated heterocycles. The molecule has 1 aromatic carbocycles. The lowest BCUT2D eigenvalue weighted by Gasteiger charge is -2.04. The van der Waals surface area contributed by atoms with Crippen LogP contribution in [0.3, 0.4) is 0 Å². The molecule has 0 radical (unpaired) electrons. The van der Waals surface area contributed by atoms with E-state index in [0.717, 1.165) is 40.5 Å². The van der Waals surface area contributed by atoms with Gasteiger partial charge in [0.2, 0.25) is 5.91 Å². The minimum atomic E-state index is 0.0755. The summed E-state index contributed by atoms with van der Waals surface area (Å²) in [6.45, 7) is 0. The maximum Gasteiger partial charge on any atom is 0.228 e. The maximum absolute atomic E-state index is 11.9. The van der Waals surface area contributed by atoms with Gasteiger partial charge in [-0.3, -0.25) is 4.79 Å². The molecule has 3 aromatic heterocycles. The second-order valence-corrected chi connectivity index (χ2v) is 6.34. The first-order chi connectivity index (χ1) is 11.8. The quantitative estimate of drug-likeness (QED) is 0.533. The summed E-state index contributed by atoms with van der Waals surface area (Å²) < 4.78 is 0. The van der Waals surface area contributed by atoms with Gasteiger partial charge in [0.25, 0.3) is 0 Å².